The zero-order valence-electron chi connectivity index (χ0n) is 8.78. The van der Waals surface area contributed by atoms with Crippen LogP contribution in [-0.2, 0) is 5.41 Å². The molecule has 72 valence electrons. The highest BCUT2D eigenvalue weighted by Gasteiger charge is 2.16. The molecular weight excluding hydrogens is 172 g/mol. The smallest absolute Gasteiger partial charge is 0.159 e. The van der Waals surface area contributed by atoms with Crippen LogP contribution >= 0.6 is 0 Å². The average Bonchev–Trinajstić information content (AvgIpc) is 2.15. The Bertz CT molecular complexity index is 450. The first-order valence-electron chi connectivity index (χ1n) is 4.79. The molecule has 0 aliphatic rings. The lowest BCUT2D eigenvalue weighted by Gasteiger charge is -2.20. The summed E-state index contributed by atoms with van der Waals surface area (Å²) in [6.07, 6.45) is 3.61. The fourth-order valence-corrected chi connectivity index (χ4v) is 1.64. The van der Waals surface area contributed by atoms with Gasteiger partial charge in [0, 0.05) is 17.8 Å². The molecule has 0 unspecified atom stereocenters. The van der Waals surface area contributed by atoms with Crippen molar-refractivity contribution in [2.45, 2.75) is 26.2 Å². The van der Waals surface area contributed by atoms with E-state index in [0.29, 0.717) is 0 Å². The third-order valence-electron chi connectivity index (χ3n) is 2.32. The second kappa shape index (κ2) is 3.05. The molecule has 2 heterocycles. The van der Waals surface area contributed by atoms with E-state index in [-0.39, 0.29) is 5.41 Å². The number of fused-ring (bicyclic) bond motifs is 1. The minimum atomic E-state index is 0.143. The highest BCUT2D eigenvalue weighted by Crippen LogP contribution is 2.27. The number of rotatable bonds is 0. The van der Waals surface area contributed by atoms with E-state index in [9.17, 15) is 0 Å². The van der Waals surface area contributed by atoms with Gasteiger partial charge >= 0.3 is 0 Å². The Morgan fingerprint density at radius 1 is 1.00 bits per heavy atom. The summed E-state index contributed by atoms with van der Waals surface area (Å²) in [6, 6.07) is 6.11. The molecule has 0 amide bonds. The molecule has 0 aromatic carbocycles. The predicted octanol–water partition coefficient (Wildman–Crippen LogP) is 2.93. The highest BCUT2D eigenvalue weighted by molar-refractivity contribution is 5.79. The summed E-state index contributed by atoms with van der Waals surface area (Å²) < 4.78 is 0. The van der Waals surface area contributed by atoms with Crippen LogP contribution in [0, 0.1) is 0 Å². The zero-order chi connectivity index (χ0) is 10.2. The van der Waals surface area contributed by atoms with Crippen molar-refractivity contribution in [3.63, 3.8) is 0 Å². The van der Waals surface area contributed by atoms with Crippen molar-refractivity contribution in [3.05, 3.63) is 36.2 Å². The standard InChI is InChI=1S/C12H14N2/c1-12(2,3)10-6-8-14-11-9(10)5-4-7-13-11/h4-8H,1-3H3. The molecule has 0 saturated heterocycles. The fourth-order valence-electron chi connectivity index (χ4n) is 1.64. The summed E-state index contributed by atoms with van der Waals surface area (Å²) in [7, 11) is 0. The van der Waals surface area contributed by atoms with E-state index in [0.717, 1.165) is 11.0 Å². The van der Waals surface area contributed by atoms with Gasteiger partial charge in [-0.25, -0.2) is 9.97 Å². The topological polar surface area (TPSA) is 25.8 Å². The van der Waals surface area contributed by atoms with Crippen LogP contribution in [0.2, 0.25) is 0 Å². The molecule has 0 atom stereocenters. The maximum Gasteiger partial charge on any atom is 0.159 e. The summed E-state index contributed by atoms with van der Waals surface area (Å²) in [5.41, 5.74) is 2.28. The van der Waals surface area contributed by atoms with E-state index in [1.807, 2.05) is 12.3 Å². The summed E-state index contributed by atoms with van der Waals surface area (Å²) >= 11 is 0. The predicted molar refractivity (Wildman–Crippen MR) is 58.2 cm³/mol. The minimum absolute atomic E-state index is 0.143. The maximum absolute atomic E-state index is 4.24. The largest absolute Gasteiger partial charge is 0.237 e. The van der Waals surface area contributed by atoms with Crippen LogP contribution in [0.15, 0.2) is 30.6 Å². The highest BCUT2D eigenvalue weighted by atomic mass is 14.8. The first kappa shape index (κ1) is 9.13. The Kier molecular flexibility index (Phi) is 1.99. The Morgan fingerprint density at radius 2 is 1.71 bits per heavy atom. The van der Waals surface area contributed by atoms with Crippen molar-refractivity contribution < 1.29 is 0 Å². The molecule has 0 fully saturated rings. The van der Waals surface area contributed by atoms with Gasteiger partial charge in [0.1, 0.15) is 0 Å². The van der Waals surface area contributed by atoms with Crippen molar-refractivity contribution in [1.82, 2.24) is 9.97 Å². The van der Waals surface area contributed by atoms with Crippen molar-refractivity contribution in [2.24, 2.45) is 0 Å². The first-order chi connectivity index (χ1) is 6.59. The van der Waals surface area contributed by atoms with E-state index in [4.69, 9.17) is 0 Å². The normalized spacial score (nSPS) is 11.9. The van der Waals surface area contributed by atoms with E-state index >= 15 is 0 Å². The minimum Gasteiger partial charge on any atom is -0.237 e. The third kappa shape index (κ3) is 1.48. The monoisotopic (exact) mass is 186 g/mol. The second-order valence-corrected chi connectivity index (χ2v) is 4.48. The molecule has 0 aliphatic carbocycles. The molecule has 2 nitrogen and oxygen atoms in total. The zero-order valence-corrected chi connectivity index (χ0v) is 8.78. The van der Waals surface area contributed by atoms with E-state index < -0.39 is 0 Å². The molecule has 2 aromatic heterocycles. The van der Waals surface area contributed by atoms with Crippen molar-refractivity contribution in [3.8, 4) is 0 Å². The third-order valence-corrected chi connectivity index (χ3v) is 2.32. The summed E-state index contributed by atoms with van der Waals surface area (Å²) in [6.45, 7) is 6.61. The Labute approximate surface area is 84.0 Å². The summed E-state index contributed by atoms with van der Waals surface area (Å²) in [5, 5.41) is 1.16. The summed E-state index contributed by atoms with van der Waals surface area (Å²) in [4.78, 5) is 8.49. The molecule has 0 aliphatic heterocycles. The molecule has 14 heavy (non-hydrogen) atoms. The Balaban J connectivity index is 2.78. The van der Waals surface area contributed by atoms with Gasteiger partial charge in [-0.3, -0.25) is 0 Å². The van der Waals surface area contributed by atoms with Gasteiger partial charge in [0.2, 0.25) is 0 Å². The van der Waals surface area contributed by atoms with Crippen LogP contribution in [0.3, 0.4) is 0 Å². The molecule has 2 aromatic rings. The molecule has 2 rings (SSSR count). The average molecular weight is 186 g/mol. The number of aromatic nitrogens is 2. The molecule has 0 spiro atoms. The Morgan fingerprint density at radius 3 is 2.43 bits per heavy atom. The van der Waals surface area contributed by atoms with Gasteiger partial charge in [-0.15, -0.1) is 0 Å². The second-order valence-electron chi connectivity index (χ2n) is 4.48. The number of pyridine rings is 2. The molecule has 0 radical (unpaired) electrons. The Hall–Kier alpha value is -1.44. The van der Waals surface area contributed by atoms with Gasteiger partial charge in [0.05, 0.1) is 0 Å². The van der Waals surface area contributed by atoms with Gasteiger partial charge < -0.3 is 0 Å². The molecule has 2 heteroatoms. The van der Waals surface area contributed by atoms with Crippen molar-refractivity contribution >= 4 is 11.0 Å². The molecule has 0 N–H and O–H groups in total. The number of nitrogens with zero attached hydrogens (tertiary/aromatic N) is 2. The van der Waals surface area contributed by atoms with E-state index in [1.165, 1.54) is 5.56 Å². The van der Waals surface area contributed by atoms with E-state index in [1.54, 1.807) is 6.20 Å². The fraction of sp³-hybridized carbons (Fsp3) is 0.333. The lowest BCUT2D eigenvalue weighted by atomic mass is 9.85. The van der Waals surface area contributed by atoms with E-state index in [2.05, 4.69) is 42.9 Å². The molecular formula is C12H14N2. The van der Waals surface area contributed by atoms with Crippen LogP contribution in [0.25, 0.3) is 11.0 Å². The van der Waals surface area contributed by atoms with Gasteiger partial charge in [-0.2, -0.15) is 0 Å². The van der Waals surface area contributed by atoms with Crippen LogP contribution in [-0.4, -0.2) is 9.97 Å². The van der Waals surface area contributed by atoms with Crippen molar-refractivity contribution in [1.29, 1.82) is 0 Å². The van der Waals surface area contributed by atoms with Gasteiger partial charge in [-0.1, -0.05) is 20.8 Å². The van der Waals surface area contributed by atoms with Gasteiger partial charge in [-0.05, 0) is 29.2 Å². The van der Waals surface area contributed by atoms with Crippen LogP contribution < -0.4 is 0 Å². The van der Waals surface area contributed by atoms with Gasteiger partial charge in [0.15, 0.2) is 5.65 Å². The lowest BCUT2D eigenvalue weighted by Crippen LogP contribution is -2.12. The molecule has 0 bridgehead atoms. The quantitative estimate of drug-likeness (QED) is 0.632. The number of hydrogen-bond donors (Lipinski definition) is 0. The maximum atomic E-state index is 4.24. The first-order valence-corrected chi connectivity index (χ1v) is 4.79. The van der Waals surface area contributed by atoms with Crippen molar-refractivity contribution in [2.75, 3.05) is 0 Å². The van der Waals surface area contributed by atoms with Crippen LogP contribution in [0.5, 0.6) is 0 Å². The van der Waals surface area contributed by atoms with Crippen LogP contribution in [0.4, 0.5) is 0 Å². The van der Waals surface area contributed by atoms with Gasteiger partial charge in [0.25, 0.3) is 0 Å². The van der Waals surface area contributed by atoms with Crippen LogP contribution in [0.1, 0.15) is 26.3 Å². The molecule has 0 saturated carbocycles. The SMILES string of the molecule is CC(C)(C)c1ccnc2ncccc12. The lowest BCUT2D eigenvalue weighted by molar-refractivity contribution is 0.595. The summed E-state index contributed by atoms with van der Waals surface area (Å²) in [5.74, 6) is 0. The number of hydrogen-bond acceptors (Lipinski definition) is 2.